The van der Waals surface area contributed by atoms with Gasteiger partial charge in [-0.15, -0.1) is 0 Å². The van der Waals surface area contributed by atoms with E-state index in [1.54, 1.807) is 12.1 Å². The summed E-state index contributed by atoms with van der Waals surface area (Å²) in [6.07, 6.45) is 5.35. The summed E-state index contributed by atoms with van der Waals surface area (Å²) in [4.78, 5) is 0.371. The predicted octanol–water partition coefficient (Wildman–Crippen LogP) is 2.97. The standard InChI is InChI=1S/C16H26N2O2S/c1-3-17-13(2)14-8-7-11-16(12-14)21(19,20)18-15-9-5-4-6-10-15/h7-8,11-13,15,17-18H,3-6,9-10H2,1-2H3. The molecule has 1 aromatic carbocycles. The summed E-state index contributed by atoms with van der Waals surface area (Å²) in [5, 5.41) is 3.31. The Morgan fingerprint density at radius 2 is 1.95 bits per heavy atom. The molecule has 0 bridgehead atoms. The first-order chi connectivity index (χ1) is 10.0. The van der Waals surface area contributed by atoms with Crippen LogP contribution >= 0.6 is 0 Å². The maximum atomic E-state index is 12.5. The number of sulfonamides is 1. The van der Waals surface area contributed by atoms with Crippen molar-refractivity contribution in [2.45, 2.75) is 62.9 Å². The van der Waals surface area contributed by atoms with Gasteiger partial charge in [-0.25, -0.2) is 13.1 Å². The van der Waals surface area contributed by atoms with Gasteiger partial charge in [0.05, 0.1) is 4.90 Å². The van der Waals surface area contributed by atoms with E-state index in [4.69, 9.17) is 0 Å². The van der Waals surface area contributed by atoms with Crippen LogP contribution in [0.5, 0.6) is 0 Å². The average molecular weight is 310 g/mol. The Morgan fingerprint density at radius 1 is 1.24 bits per heavy atom. The van der Waals surface area contributed by atoms with E-state index in [0.29, 0.717) is 4.90 Å². The lowest BCUT2D eigenvalue weighted by Crippen LogP contribution is -2.36. The molecule has 1 atom stereocenters. The fourth-order valence-electron chi connectivity index (χ4n) is 2.88. The summed E-state index contributed by atoms with van der Waals surface area (Å²) in [6.45, 7) is 4.95. The minimum Gasteiger partial charge on any atom is -0.310 e. The average Bonchev–Trinajstić information content (AvgIpc) is 2.48. The Hall–Kier alpha value is -0.910. The molecule has 0 heterocycles. The van der Waals surface area contributed by atoms with E-state index in [-0.39, 0.29) is 12.1 Å². The van der Waals surface area contributed by atoms with Gasteiger partial charge in [0.25, 0.3) is 0 Å². The molecule has 1 aliphatic carbocycles. The topological polar surface area (TPSA) is 58.2 Å². The zero-order valence-corrected chi connectivity index (χ0v) is 13.7. The second-order valence-electron chi connectivity index (χ2n) is 5.81. The monoisotopic (exact) mass is 310 g/mol. The van der Waals surface area contributed by atoms with Gasteiger partial charge < -0.3 is 5.32 Å². The van der Waals surface area contributed by atoms with Crippen molar-refractivity contribution in [3.8, 4) is 0 Å². The van der Waals surface area contributed by atoms with Crippen LogP contribution in [0.4, 0.5) is 0 Å². The van der Waals surface area contributed by atoms with Crippen molar-refractivity contribution in [2.75, 3.05) is 6.54 Å². The summed E-state index contributed by atoms with van der Waals surface area (Å²) >= 11 is 0. The summed E-state index contributed by atoms with van der Waals surface area (Å²) in [6, 6.07) is 7.48. The Balaban J connectivity index is 2.13. The molecule has 21 heavy (non-hydrogen) atoms. The highest BCUT2D eigenvalue weighted by Gasteiger charge is 2.22. The smallest absolute Gasteiger partial charge is 0.240 e. The van der Waals surface area contributed by atoms with Crippen LogP contribution in [-0.2, 0) is 10.0 Å². The quantitative estimate of drug-likeness (QED) is 0.849. The van der Waals surface area contributed by atoms with Gasteiger partial charge in [0.15, 0.2) is 0 Å². The minimum absolute atomic E-state index is 0.0959. The third kappa shape index (κ3) is 4.53. The van der Waals surface area contributed by atoms with Crippen molar-refractivity contribution in [2.24, 2.45) is 0 Å². The summed E-state index contributed by atoms with van der Waals surface area (Å²) in [5.41, 5.74) is 1.00. The van der Waals surface area contributed by atoms with Crippen molar-refractivity contribution in [1.82, 2.24) is 10.0 Å². The molecule has 2 rings (SSSR count). The van der Waals surface area contributed by atoms with Crippen LogP contribution in [0.25, 0.3) is 0 Å². The van der Waals surface area contributed by atoms with Crippen molar-refractivity contribution >= 4 is 10.0 Å². The lowest BCUT2D eigenvalue weighted by molar-refractivity contribution is 0.412. The molecule has 0 radical (unpaired) electrons. The molecule has 0 aliphatic heterocycles. The highest BCUT2D eigenvalue weighted by Crippen LogP contribution is 2.21. The molecule has 0 spiro atoms. The van der Waals surface area contributed by atoms with Crippen molar-refractivity contribution in [3.63, 3.8) is 0 Å². The normalized spacial score (nSPS) is 18.6. The molecular weight excluding hydrogens is 284 g/mol. The largest absolute Gasteiger partial charge is 0.310 e. The van der Waals surface area contributed by atoms with Gasteiger partial charge in [-0.2, -0.15) is 0 Å². The second-order valence-corrected chi connectivity index (χ2v) is 7.52. The van der Waals surface area contributed by atoms with Crippen molar-refractivity contribution in [3.05, 3.63) is 29.8 Å². The van der Waals surface area contributed by atoms with Crippen LogP contribution in [0.1, 0.15) is 57.6 Å². The van der Waals surface area contributed by atoms with E-state index in [0.717, 1.165) is 37.8 Å². The zero-order valence-electron chi connectivity index (χ0n) is 12.9. The summed E-state index contributed by atoms with van der Waals surface area (Å²) < 4.78 is 27.9. The molecule has 118 valence electrons. The van der Waals surface area contributed by atoms with E-state index >= 15 is 0 Å². The lowest BCUT2D eigenvalue weighted by Gasteiger charge is -2.23. The van der Waals surface area contributed by atoms with Crippen LogP contribution in [-0.4, -0.2) is 21.0 Å². The van der Waals surface area contributed by atoms with Crippen LogP contribution < -0.4 is 10.0 Å². The van der Waals surface area contributed by atoms with Crippen molar-refractivity contribution < 1.29 is 8.42 Å². The van der Waals surface area contributed by atoms with Crippen LogP contribution in [0, 0.1) is 0 Å². The molecule has 1 aliphatic rings. The van der Waals surface area contributed by atoms with Crippen LogP contribution in [0.2, 0.25) is 0 Å². The maximum absolute atomic E-state index is 12.5. The van der Waals surface area contributed by atoms with Gasteiger partial charge in [0.2, 0.25) is 10.0 Å². The lowest BCUT2D eigenvalue weighted by atomic mass is 9.96. The summed E-state index contributed by atoms with van der Waals surface area (Å²) in [7, 11) is -3.41. The third-order valence-corrected chi connectivity index (χ3v) is 5.62. The fourth-order valence-corrected chi connectivity index (χ4v) is 4.24. The molecule has 1 saturated carbocycles. The first-order valence-corrected chi connectivity index (χ1v) is 9.37. The highest BCUT2D eigenvalue weighted by molar-refractivity contribution is 7.89. The second kappa shape index (κ2) is 7.38. The van der Waals surface area contributed by atoms with Crippen LogP contribution in [0.15, 0.2) is 29.2 Å². The van der Waals surface area contributed by atoms with E-state index in [1.807, 2.05) is 26.0 Å². The van der Waals surface area contributed by atoms with Gasteiger partial charge in [-0.1, -0.05) is 38.3 Å². The van der Waals surface area contributed by atoms with E-state index in [1.165, 1.54) is 6.42 Å². The van der Waals surface area contributed by atoms with Gasteiger partial charge in [-0.05, 0) is 44.0 Å². The Labute approximate surface area is 128 Å². The maximum Gasteiger partial charge on any atom is 0.240 e. The fraction of sp³-hybridized carbons (Fsp3) is 0.625. The van der Waals surface area contributed by atoms with E-state index in [2.05, 4.69) is 10.0 Å². The van der Waals surface area contributed by atoms with E-state index in [9.17, 15) is 8.42 Å². The first-order valence-electron chi connectivity index (χ1n) is 7.88. The number of rotatable bonds is 6. The van der Waals surface area contributed by atoms with Crippen molar-refractivity contribution in [1.29, 1.82) is 0 Å². The number of hydrogen-bond donors (Lipinski definition) is 2. The molecule has 1 fully saturated rings. The molecule has 2 N–H and O–H groups in total. The molecule has 1 unspecified atom stereocenters. The van der Waals surface area contributed by atoms with Gasteiger partial charge in [-0.3, -0.25) is 0 Å². The Kier molecular flexibility index (Phi) is 5.79. The number of hydrogen-bond acceptors (Lipinski definition) is 3. The molecule has 4 nitrogen and oxygen atoms in total. The minimum atomic E-state index is -3.41. The molecule has 0 aromatic heterocycles. The van der Waals surface area contributed by atoms with Gasteiger partial charge in [0, 0.05) is 12.1 Å². The predicted molar refractivity (Wildman–Crippen MR) is 85.7 cm³/mol. The molecule has 5 heteroatoms. The molecule has 0 amide bonds. The molecule has 1 aromatic rings. The van der Waals surface area contributed by atoms with E-state index < -0.39 is 10.0 Å². The third-order valence-electron chi connectivity index (χ3n) is 4.11. The van der Waals surface area contributed by atoms with Gasteiger partial charge >= 0.3 is 0 Å². The Bertz CT molecular complexity index is 551. The number of nitrogens with one attached hydrogen (secondary N) is 2. The Morgan fingerprint density at radius 3 is 2.62 bits per heavy atom. The first kappa shape index (κ1) is 16.5. The zero-order chi connectivity index (χ0) is 15.3. The van der Waals surface area contributed by atoms with Gasteiger partial charge in [0.1, 0.15) is 0 Å². The number of benzene rings is 1. The van der Waals surface area contributed by atoms with Crippen LogP contribution in [0.3, 0.4) is 0 Å². The highest BCUT2D eigenvalue weighted by atomic mass is 32.2. The molecular formula is C16H26N2O2S. The molecule has 0 saturated heterocycles. The summed E-state index contributed by atoms with van der Waals surface area (Å²) in [5.74, 6) is 0. The SMILES string of the molecule is CCNC(C)c1cccc(S(=O)(=O)NC2CCCCC2)c1.